The van der Waals surface area contributed by atoms with E-state index in [1.165, 1.54) is 11.1 Å². The van der Waals surface area contributed by atoms with Crippen LogP contribution in [0.2, 0.25) is 0 Å². The highest BCUT2D eigenvalue weighted by Crippen LogP contribution is 2.27. The lowest BCUT2D eigenvalue weighted by Crippen LogP contribution is -2.23. The average Bonchev–Trinajstić information content (AvgIpc) is 2.14. The summed E-state index contributed by atoms with van der Waals surface area (Å²) >= 11 is 2.38. The zero-order valence-corrected chi connectivity index (χ0v) is 12.0. The van der Waals surface area contributed by atoms with Crippen molar-refractivity contribution in [3.05, 3.63) is 35.4 Å². The third-order valence-electron chi connectivity index (χ3n) is 2.17. The normalized spacial score (nSPS) is 13.9. The van der Waals surface area contributed by atoms with E-state index in [1.807, 2.05) is 0 Å². The first-order chi connectivity index (χ1) is 6.94. The van der Waals surface area contributed by atoms with Gasteiger partial charge in [0.15, 0.2) is 0 Å². The van der Waals surface area contributed by atoms with E-state index in [0.29, 0.717) is 0 Å². The molecule has 84 valence electrons. The number of hydrogen-bond donors (Lipinski definition) is 0. The number of alkyl halides is 1. The molecule has 0 amide bonds. The minimum atomic E-state index is -0.0852. The number of halogens is 1. The molecule has 0 saturated heterocycles. The average molecular weight is 318 g/mol. The van der Waals surface area contributed by atoms with Crippen LogP contribution in [0.15, 0.2) is 24.3 Å². The van der Waals surface area contributed by atoms with Gasteiger partial charge in [0.1, 0.15) is 0 Å². The summed E-state index contributed by atoms with van der Waals surface area (Å²) in [6, 6.07) is 8.44. The van der Waals surface area contributed by atoms with Crippen LogP contribution < -0.4 is 0 Å². The molecule has 1 aromatic rings. The molecular weight excluding hydrogens is 299 g/mol. The van der Waals surface area contributed by atoms with Gasteiger partial charge in [0, 0.05) is 4.43 Å². The zero-order chi connectivity index (χ0) is 11.5. The maximum Gasteiger partial charge on any atom is 0.0923 e. The van der Waals surface area contributed by atoms with Gasteiger partial charge >= 0.3 is 0 Å². The fourth-order valence-corrected chi connectivity index (χ4v) is 2.21. The van der Waals surface area contributed by atoms with Crippen LogP contribution in [0.5, 0.6) is 0 Å². The third kappa shape index (κ3) is 4.11. The molecule has 1 atom stereocenters. The van der Waals surface area contributed by atoms with Gasteiger partial charge < -0.3 is 4.74 Å². The van der Waals surface area contributed by atoms with E-state index in [9.17, 15) is 0 Å². The molecule has 0 aliphatic heterocycles. The summed E-state index contributed by atoms with van der Waals surface area (Å²) in [4.78, 5) is 0. The molecule has 0 spiro atoms. The highest BCUT2D eigenvalue weighted by Gasteiger charge is 2.20. The molecule has 1 unspecified atom stereocenters. The Morgan fingerprint density at radius 1 is 1.27 bits per heavy atom. The molecule has 15 heavy (non-hydrogen) atoms. The predicted molar refractivity (Wildman–Crippen MR) is 73.6 cm³/mol. The third-order valence-corrected chi connectivity index (χ3v) is 2.97. The molecule has 0 heterocycles. The van der Waals surface area contributed by atoms with Crippen LogP contribution in [0.1, 0.15) is 38.0 Å². The van der Waals surface area contributed by atoms with E-state index in [4.69, 9.17) is 4.74 Å². The summed E-state index contributed by atoms with van der Waals surface area (Å²) in [5.41, 5.74) is 2.53. The van der Waals surface area contributed by atoms with Crippen LogP contribution in [0, 0.1) is 6.92 Å². The lowest BCUT2D eigenvalue weighted by atomic mass is 10.0. The van der Waals surface area contributed by atoms with Crippen LogP contribution >= 0.6 is 22.6 Å². The fourth-order valence-electron chi connectivity index (χ4n) is 1.55. The van der Waals surface area contributed by atoms with Gasteiger partial charge in [-0.2, -0.15) is 0 Å². The number of ether oxygens (including phenoxy) is 1. The van der Waals surface area contributed by atoms with Crippen LogP contribution in [-0.4, -0.2) is 10.0 Å². The van der Waals surface area contributed by atoms with E-state index >= 15 is 0 Å². The molecule has 1 aromatic carbocycles. The Balaban J connectivity index is 2.88. The minimum Gasteiger partial charge on any atom is -0.367 e. The summed E-state index contributed by atoms with van der Waals surface area (Å²) in [5, 5.41) is 0. The van der Waals surface area contributed by atoms with Gasteiger partial charge in [-0.1, -0.05) is 46.9 Å². The van der Waals surface area contributed by atoms with Crippen molar-refractivity contribution in [2.45, 2.75) is 39.4 Å². The summed E-state index contributed by atoms with van der Waals surface area (Å²) in [6.07, 6.45) is 0.201. The Morgan fingerprint density at radius 3 is 2.33 bits per heavy atom. The monoisotopic (exact) mass is 318 g/mol. The summed E-state index contributed by atoms with van der Waals surface area (Å²) in [7, 11) is 0. The standard InChI is InChI=1S/C13H19IO/c1-10-7-5-6-8-11(10)12(9-14)15-13(2,3)4/h5-8,12H,9H2,1-4H3. The molecule has 0 aliphatic carbocycles. The van der Waals surface area contributed by atoms with E-state index in [1.54, 1.807) is 0 Å². The van der Waals surface area contributed by atoms with Gasteiger partial charge in [-0.3, -0.25) is 0 Å². The topological polar surface area (TPSA) is 9.23 Å². The Bertz CT molecular complexity index is 315. The molecular formula is C13H19IO. The van der Waals surface area contributed by atoms with Crippen LogP contribution in [0.25, 0.3) is 0 Å². The van der Waals surface area contributed by atoms with Crippen molar-refractivity contribution in [2.24, 2.45) is 0 Å². The maximum atomic E-state index is 6.05. The summed E-state index contributed by atoms with van der Waals surface area (Å²) in [5.74, 6) is 0. The van der Waals surface area contributed by atoms with Crippen LogP contribution in [0.4, 0.5) is 0 Å². The van der Waals surface area contributed by atoms with Crippen LogP contribution in [0.3, 0.4) is 0 Å². The van der Waals surface area contributed by atoms with Crippen molar-refractivity contribution in [2.75, 3.05) is 4.43 Å². The zero-order valence-electron chi connectivity index (χ0n) is 9.88. The molecule has 0 saturated carbocycles. The maximum absolute atomic E-state index is 6.05. The summed E-state index contributed by atoms with van der Waals surface area (Å²) in [6.45, 7) is 8.44. The molecule has 0 radical (unpaired) electrons. The molecule has 0 aromatic heterocycles. The van der Waals surface area contributed by atoms with Gasteiger partial charge in [0.25, 0.3) is 0 Å². The molecule has 0 fully saturated rings. The molecule has 0 bridgehead atoms. The quantitative estimate of drug-likeness (QED) is 0.597. The van der Waals surface area contributed by atoms with Crippen molar-refractivity contribution in [1.29, 1.82) is 0 Å². The van der Waals surface area contributed by atoms with E-state index in [2.05, 4.69) is 74.6 Å². The van der Waals surface area contributed by atoms with Crippen molar-refractivity contribution in [3.63, 3.8) is 0 Å². The Hall–Kier alpha value is -0.0900. The smallest absolute Gasteiger partial charge is 0.0923 e. The Morgan fingerprint density at radius 2 is 1.87 bits per heavy atom. The van der Waals surface area contributed by atoms with Crippen molar-refractivity contribution >= 4 is 22.6 Å². The highest BCUT2D eigenvalue weighted by molar-refractivity contribution is 14.1. The molecule has 2 heteroatoms. The van der Waals surface area contributed by atoms with E-state index in [-0.39, 0.29) is 11.7 Å². The number of aryl methyl sites for hydroxylation is 1. The Kier molecular flexibility index (Phi) is 4.59. The van der Waals surface area contributed by atoms with Crippen molar-refractivity contribution in [3.8, 4) is 0 Å². The second-order valence-corrected chi connectivity index (χ2v) is 5.61. The summed E-state index contributed by atoms with van der Waals surface area (Å²) < 4.78 is 7.03. The SMILES string of the molecule is Cc1ccccc1C(CI)OC(C)(C)C. The van der Waals surface area contributed by atoms with Gasteiger partial charge in [-0.25, -0.2) is 0 Å². The first-order valence-electron chi connectivity index (χ1n) is 5.23. The molecule has 1 rings (SSSR count). The second kappa shape index (κ2) is 5.30. The lowest BCUT2D eigenvalue weighted by molar-refractivity contribution is -0.0496. The van der Waals surface area contributed by atoms with Gasteiger partial charge in [-0.15, -0.1) is 0 Å². The molecule has 0 aliphatic rings. The van der Waals surface area contributed by atoms with Crippen molar-refractivity contribution < 1.29 is 4.74 Å². The van der Waals surface area contributed by atoms with E-state index < -0.39 is 0 Å². The first-order valence-corrected chi connectivity index (χ1v) is 6.76. The van der Waals surface area contributed by atoms with Crippen molar-refractivity contribution in [1.82, 2.24) is 0 Å². The van der Waals surface area contributed by atoms with E-state index in [0.717, 1.165) is 4.43 Å². The first kappa shape index (κ1) is 13.0. The highest BCUT2D eigenvalue weighted by atomic mass is 127. The number of rotatable bonds is 3. The Labute approximate surface area is 106 Å². The fraction of sp³-hybridized carbons (Fsp3) is 0.538. The largest absolute Gasteiger partial charge is 0.367 e. The van der Waals surface area contributed by atoms with Gasteiger partial charge in [0.05, 0.1) is 11.7 Å². The molecule has 1 nitrogen and oxygen atoms in total. The van der Waals surface area contributed by atoms with Gasteiger partial charge in [-0.05, 0) is 38.8 Å². The number of hydrogen-bond acceptors (Lipinski definition) is 1. The minimum absolute atomic E-state index is 0.0852. The molecule has 0 N–H and O–H groups in total. The number of benzene rings is 1. The van der Waals surface area contributed by atoms with Crippen LogP contribution in [-0.2, 0) is 4.74 Å². The second-order valence-electron chi connectivity index (χ2n) is 4.73. The predicted octanol–water partition coefficient (Wildman–Crippen LogP) is 4.29. The lowest BCUT2D eigenvalue weighted by Gasteiger charge is -2.27. The van der Waals surface area contributed by atoms with Gasteiger partial charge in [0.2, 0.25) is 0 Å².